The van der Waals surface area contributed by atoms with Crippen molar-refractivity contribution in [1.29, 1.82) is 0 Å². The lowest BCUT2D eigenvalue weighted by molar-refractivity contribution is -0.274. The van der Waals surface area contributed by atoms with Crippen LogP contribution >= 0.6 is 0 Å². The molecule has 1 aromatic heterocycles. The van der Waals surface area contributed by atoms with Crippen LogP contribution in [-0.2, 0) is 14.6 Å². The summed E-state index contributed by atoms with van der Waals surface area (Å²) in [7, 11) is -4.15. The van der Waals surface area contributed by atoms with E-state index in [1.165, 1.54) is 42.6 Å². The molecule has 5 rings (SSSR count). The third-order valence-electron chi connectivity index (χ3n) is 7.65. The third-order valence-corrected chi connectivity index (χ3v) is 10.1. The summed E-state index contributed by atoms with van der Waals surface area (Å²) in [6.45, 7) is 1.54. The van der Waals surface area contributed by atoms with E-state index in [0.717, 1.165) is 38.1 Å². The fourth-order valence-electron chi connectivity index (χ4n) is 5.60. The van der Waals surface area contributed by atoms with Crippen molar-refractivity contribution in [1.82, 2.24) is 10.3 Å². The van der Waals surface area contributed by atoms with E-state index in [9.17, 15) is 26.4 Å². The first kappa shape index (κ1) is 27.9. The average Bonchev–Trinajstić information content (AvgIpc) is 3.31. The van der Waals surface area contributed by atoms with Crippen molar-refractivity contribution in [2.75, 3.05) is 18.4 Å². The van der Waals surface area contributed by atoms with E-state index < -0.39 is 32.6 Å². The Kier molecular flexibility index (Phi) is 7.49. The highest BCUT2D eigenvalue weighted by Crippen LogP contribution is 2.54. The standard InChI is InChI=1S/C28H28F3N3O5S/c29-28(30,31)39-22-6-4-20(5-7-22)38-21-8-10-23(11-9-21)40(36,37)27(25(35)34-24-3-1-2-16-33-24)13-12-26(19-27)14-17-32-18-15-26/h1-11,16,32H,12-15,17-19H2,(H,33,34,35). The topological polar surface area (TPSA) is 107 Å². The van der Waals surface area contributed by atoms with Crippen LogP contribution in [0.5, 0.6) is 17.2 Å². The summed E-state index contributed by atoms with van der Waals surface area (Å²) in [6.07, 6.45) is -0.663. The Morgan fingerprint density at radius 3 is 2.10 bits per heavy atom. The minimum Gasteiger partial charge on any atom is -0.457 e. The van der Waals surface area contributed by atoms with Gasteiger partial charge in [-0.15, -0.1) is 13.2 Å². The summed E-state index contributed by atoms with van der Waals surface area (Å²) in [5.74, 6) is -0.192. The van der Waals surface area contributed by atoms with Gasteiger partial charge in [0.2, 0.25) is 5.91 Å². The summed E-state index contributed by atoms with van der Waals surface area (Å²) in [4.78, 5) is 17.9. The SMILES string of the molecule is O=C(Nc1ccccn1)C1(S(=O)(=O)c2ccc(Oc3ccc(OC(F)(F)F)cc3)cc2)CCC2(CCNCC2)C1. The molecule has 2 aromatic carbocycles. The predicted octanol–water partition coefficient (Wildman–Crippen LogP) is 5.48. The number of ether oxygens (including phenoxy) is 2. The lowest BCUT2D eigenvalue weighted by atomic mass is 9.77. The van der Waals surface area contributed by atoms with E-state index in [1.54, 1.807) is 18.2 Å². The van der Waals surface area contributed by atoms with Gasteiger partial charge in [0, 0.05) is 6.20 Å². The number of benzene rings is 2. The molecule has 2 fully saturated rings. The highest BCUT2D eigenvalue weighted by atomic mass is 32.2. The molecule has 2 heterocycles. The zero-order chi connectivity index (χ0) is 28.4. The highest BCUT2D eigenvalue weighted by Gasteiger charge is 2.60. The molecule has 8 nitrogen and oxygen atoms in total. The van der Waals surface area contributed by atoms with Crippen molar-refractivity contribution in [2.45, 2.75) is 48.1 Å². The van der Waals surface area contributed by atoms with E-state index in [2.05, 4.69) is 20.4 Å². The van der Waals surface area contributed by atoms with E-state index in [-0.39, 0.29) is 40.5 Å². The van der Waals surface area contributed by atoms with Crippen molar-refractivity contribution in [3.63, 3.8) is 0 Å². The normalized spacial score (nSPS) is 20.7. The Labute approximate surface area is 229 Å². The second-order valence-corrected chi connectivity index (χ2v) is 12.4. The van der Waals surface area contributed by atoms with Gasteiger partial charge in [-0.25, -0.2) is 13.4 Å². The van der Waals surface area contributed by atoms with E-state index >= 15 is 0 Å². The molecule has 1 atom stereocenters. The predicted molar refractivity (Wildman–Crippen MR) is 141 cm³/mol. The van der Waals surface area contributed by atoms with Gasteiger partial charge < -0.3 is 20.1 Å². The van der Waals surface area contributed by atoms with Gasteiger partial charge in [-0.3, -0.25) is 4.79 Å². The number of nitrogens with zero attached hydrogens (tertiary/aromatic N) is 1. The Balaban J connectivity index is 1.39. The van der Waals surface area contributed by atoms with Crippen LogP contribution in [0.15, 0.2) is 77.8 Å². The van der Waals surface area contributed by atoms with Crippen molar-refractivity contribution in [2.24, 2.45) is 5.41 Å². The minimum atomic E-state index is -4.80. The van der Waals surface area contributed by atoms with Gasteiger partial charge in [-0.1, -0.05) is 6.07 Å². The quantitative estimate of drug-likeness (QED) is 0.384. The van der Waals surface area contributed by atoms with Crippen LogP contribution in [0.4, 0.5) is 19.0 Å². The van der Waals surface area contributed by atoms with Crippen LogP contribution in [0, 0.1) is 5.41 Å². The first-order valence-electron chi connectivity index (χ1n) is 12.8. The van der Waals surface area contributed by atoms with Crippen LogP contribution in [-0.4, -0.2) is 43.5 Å². The van der Waals surface area contributed by atoms with Crippen molar-refractivity contribution in [3.05, 3.63) is 72.9 Å². The molecule has 1 saturated heterocycles. The monoisotopic (exact) mass is 575 g/mol. The molecule has 1 spiro atoms. The van der Waals surface area contributed by atoms with E-state index in [1.807, 2.05) is 0 Å². The number of nitrogens with one attached hydrogen (secondary N) is 2. The van der Waals surface area contributed by atoms with Crippen LogP contribution in [0.25, 0.3) is 0 Å². The van der Waals surface area contributed by atoms with Gasteiger partial charge >= 0.3 is 6.36 Å². The lowest BCUT2D eigenvalue weighted by Crippen LogP contribution is -2.49. The Morgan fingerprint density at radius 1 is 0.875 bits per heavy atom. The second-order valence-electron chi connectivity index (χ2n) is 10.2. The largest absolute Gasteiger partial charge is 0.573 e. The molecular formula is C28H28F3N3O5S. The molecule has 12 heteroatoms. The fourth-order valence-corrected chi connectivity index (χ4v) is 7.71. The number of rotatable bonds is 7. The maximum atomic E-state index is 14.2. The fraction of sp³-hybridized carbons (Fsp3) is 0.357. The number of pyridine rings is 1. The molecule has 1 amide bonds. The molecule has 212 valence electrons. The summed E-state index contributed by atoms with van der Waals surface area (Å²) >= 11 is 0. The molecule has 1 aliphatic carbocycles. The zero-order valence-electron chi connectivity index (χ0n) is 21.4. The third kappa shape index (κ3) is 5.78. The molecule has 0 radical (unpaired) electrons. The number of piperidine rings is 1. The van der Waals surface area contributed by atoms with Gasteiger partial charge in [-0.2, -0.15) is 0 Å². The maximum absolute atomic E-state index is 14.2. The number of aromatic nitrogens is 1. The van der Waals surface area contributed by atoms with Crippen molar-refractivity contribution >= 4 is 21.6 Å². The molecule has 40 heavy (non-hydrogen) atoms. The number of alkyl halides is 3. The van der Waals surface area contributed by atoms with Crippen molar-refractivity contribution < 1.29 is 35.9 Å². The van der Waals surface area contributed by atoms with Gasteiger partial charge in [0.1, 0.15) is 23.1 Å². The van der Waals surface area contributed by atoms with Crippen LogP contribution in [0.1, 0.15) is 32.1 Å². The number of sulfone groups is 1. The van der Waals surface area contributed by atoms with Crippen molar-refractivity contribution in [3.8, 4) is 17.2 Å². The molecule has 2 aliphatic rings. The van der Waals surface area contributed by atoms with E-state index in [0.29, 0.717) is 6.42 Å². The number of hydrogen-bond donors (Lipinski definition) is 2. The summed E-state index contributed by atoms with van der Waals surface area (Å²) < 4.78 is 73.4. The number of carbonyl (C=O) groups excluding carboxylic acids is 1. The zero-order valence-corrected chi connectivity index (χ0v) is 22.2. The average molecular weight is 576 g/mol. The molecule has 1 saturated carbocycles. The Hall–Kier alpha value is -3.64. The van der Waals surface area contributed by atoms with Crippen LogP contribution in [0.3, 0.4) is 0 Å². The lowest BCUT2D eigenvalue weighted by Gasteiger charge is -2.36. The van der Waals surface area contributed by atoms with Gasteiger partial charge in [-0.05, 0) is 111 Å². The summed E-state index contributed by atoms with van der Waals surface area (Å²) in [5.41, 5.74) is -0.245. The van der Waals surface area contributed by atoms with Crippen LogP contribution in [0.2, 0.25) is 0 Å². The number of amides is 1. The smallest absolute Gasteiger partial charge is 0.457 e. The number of hydrogen-bond acceptors (Lipinski definition) is 7. The number of halogens is 3. The highest BCUT2D eigenvalue weighted by molar-refractivity contribution is 7.93. The second kappa shape index (κ2) is 10.7. The summed E-state index contributed by atoms with van der Waals surface area (Å²) in [6, 6.07) is 15.5. The first-order valence-corrected chi connectivity index (χ1v) is 14.3. The molecular weight excluding hydrogens is 547 g/mol. The van der Waals surface area contributed by atoms with Gasteiger partial charge in [0.15, 0.2) is 14.6 Å². The van der Waals surface area contributed by atoms with E-state index in [4.69, 9.17) is 4.74 Å². The van der Waals surface area contributed by atoms with Gasteiger partial charge in [0.05, 0.1) is 4.90 Å². The molecule has 1 aliphatic heterocycles. The molecule has 1 unspecified atom stereocenters. The molecule has 3 aromatic rings. The van der Waals surface area contributed by atoms with Gasteiger partial charge in [0.25, 0.3) is 0 Å². The van der Waals surface area contributed by atoms with Crippen LogP contribution < -0.4 is 20.1 Å². The molecule has 2 N–H and O–H groups in total. The summed E-state index contributed by atoms with van der Waals surface area (Å²) in [5, 5.41) is 6.05. The number of carbonyl (C=O) groups is 1. The maximum Gasteiger partial charge on any atom is 0.573 e. The number of anilines is 1. The minimum absolute atomic E-state index is 0.0177. The Bertz CT molecular complexity index is 1440. The first-order chi connectivity index (χ1) is 19.0. The molecule has 0 bridgehead atoms. The Morgan fingerprint density at radius 2 is 1.50 bits per heavy atom.